The lowest BCUT2D eigenvalue weighted by molar-refractivity contribution is -0.197. The highest BCUT2D eigenvalue weighted by Gasteiger charge is 2.46. The van der Waals surface area contributed by atoms with E-state index in [9.17, 15) is 9.90 Å². The molecule has 1 saturated carbocycles. The first-order chi connectivity index (χ1) is 16.0. The summed E-state index contributed by atoms with van der Waals surface area (Å²) in [6, 6.07) is 3.70. The molecule has 0 spiro atoms. The number of hydrogen-bond acceptors (Lipinski definition) is 7. The maximum atomic E-state index is 11.7. The van der Waals surface area contributed by atoms with Crippen molar-refractivity contribution in [3.63, 3.8) is 0 Å². The Labute approximate surface area is 209 Å². The predicted molar refractivity (Wildman–Crippen MR) is 139 cm³/mol. The van der Waals surface area contributed by atoms with Crippen LogP contribution in [-0.2, 0) is 18.6 Å². The van der Waals surface area contributed by atoms with Gasteiger partial charge in [0.25, 0.3) is 0 Å². The lowest BCUT2D eigenvalue weighted by Crippen LogP contribution is -2.44. The first kappa shape index (κ1) is 27.6. The van der Waals surface area contributed by atoms with E-state index >= 15 is 0 Å². The maximum absolute atomic E-state index is 11.7. The van der Waals surface area contributed by atoms with Crippen LogP contribution in [0.3, 0.4) is 0 Å². The molecule has 3 rings (SSSR count). The summed E-state index contributed by atoms with van der Waals surface area (Å²) in [5.74, 6) is -0.161. The quantitative estimate of drug-likeness (QED) is 0.331. The van der Waals surface area contributed by atoms with Gasteiger partial charge in [-0.25, -0.2) is 4.79 Å². The van der Waals surface area contributed by atoms with Gasteiger partial charge in [0.2, 0.25) is 0 Å². The largest absolute Gasteiger partial charge is 0.465 e. The molecule has 1 aromatic rings. The average Bonchev–Trinajstić information content (AvgIpc) is 3.36. The molecule has 0 bridgehead atoms. The van der Waals surface area contributed by atoms with Crippen LogP contribution >= 0.6 is 11.3 Å². The van der Waals surface area contributed by atoms with E-state index in [1.54, 1.807) is 6.07 Å². The Kier molecular flexibility index (Phi) is 9.56. The highest BCUT2D eigenvalue weighted by atomic mass is 32.1. The Morgan fingerprint density at radius 3 is 2.68 bits per heavy atom. The third kappa shape index (κ3) is 7.01. The molecule has 5 atom stereocenters. The Hall–Kier alpha value is -1.03. The molecule has 2 aliphatic rings. The molecule has 0 radical (unpaired) electrons. The SMILES string of the molecule is COC(=O)c1ccc(/C=C/CC2[C@@H](CO[Si](C)(C)C(C)(C)C)[C@H](OC3CCCCO3)C[C@@H]2O)s1. The predicted octanol–water partition coefficient (Wildman–Crippen LogP) is 5.87. The van der Waals surface area contributed by atoms with Crippen molar-refractivity contribution in [1.29, 1.82) is 0 Å². The third-order valence-electron chi connectivity index (χ3n) is 7.61. The second-order valence-electron chi connectivity index (χ2n) is 11.0. The summed E-state index contributed by atoms with van der Waals surface area (Å²) in [4.78, 5) is 13.3. The van der Waals surface area contributed by atoms with Gasteiger partial charge in [-0.15, -0.1) is 11.3 Å². The molecular weight excluding hydrogens is 468 g/mol. The van der Waals surface area contributed by atoms with Gasteiger partial charge in [0.15, 0.2) is 14.6 Å². The van der Waals surface area contributed by atoms with Gasteiger partial charge in [-0.1, -0.05) is 26.8 Å². The minimum atomic E-state index is -1.93. The molecule has 1 N–H and O–H groups in total. The van der Waals surface area contributed by atoms with E-state index in [2.05, 4.69) is 39.9 Å². The Bertz CT molecular complexity index is 824. The second kappa shape index (κ2) is 11.8. The first-order valence-corrected chi connectivity index (χ1v) is 16.2. The van der Waals surface area contributed by atoms with E-state index in [0.717, 1.165) is 37.2 Å². The van der Waals surface area contributed by atoms with Crippen LogP contribution in [0.4, 0.5) is 0 Å². The lowest BCUT2D eigenvalue weighted by atomic mass is 9.91. The smallest absolute Gasteiger partial charge is 0.348 e. The van der Waals surface area contributed by atoms with E-state index < -0.39 is 14.4 Å². The van der Waals surface area contributed by atoms with Crippen LogP contribution < -0.4 is 0 Å². The molecule has 2 unspecified atom stereocenters. The minimum Gasteiger partial charge on any atom is -0.465 e. The molecule has 0 aromatic carbocycles. The molecule has 1 aliphatic heterocycles. The Morgan fingerprint density at radius 2 is 2.03 bits per heavy atom. The number of ether oxygens (including phenoxy) is 3. The highest BCUT2D eigenvalue weighted by Crippen LogP contribution is 2.42. The lowest BCUT2D eigenvalue weighted by Gasteiger charge is -2.38. The van der Waals surface area contributed by atoms with Crippen molar-refractivity contribution >= 4 is 31.7 Å². The number of aliphatic hydroxyl groups excluding tert-OH is 1. The molecule has 2 fully saturated rings. The summed E-state index contributed by atoms with van der Waals surface area (Å²) in [5.41, 5.74) is 0. The van der Waals surface area contributed by atoms with Crippen molar-refractivity contribution < 1.29 is 28.5 Å². The molecule has 1 aromatic heterocycles. The molecule has 0 amide bonds. The van der Waals surface area contributed by atoms with E-state index in [1.165, 1.54) is 18.4 Å². The minimum absolute atomic E-state index is 0.0506. The molecule has 34 heavy (non-hydrogen) atoms. The fourth-order valence-corrected chi connectivity index (χ4v) is 6.30. The summed E-state index contributed by atoms with van der Waals surface area (Å²) in [5, 5.41) is 11.1. The molecule has 1 aliphatic carbocycles. The van der Waals surface area contributed by atoms with Gasteiger partial charge < -0.3 is 23.7 Å². The van der Waals surface area contributed by atoms with Gasteiger partial charge in [-0.05, 0) is 67.9 Å². The van der Waals surface area contributed by atoms with Gasteiger partial charge in [-0.3, -0.25) is 0 Å². The van der Waals surface area contributed by atoms with E-state index in [4.69, 9.17) is 18.6 Å². The first-order valence-electron chi connectivity index (χ1n) is 12.5. The molecule has 8 heteroatoms. The van der Waals surface area contributed by atoms with E-state index in [1.807, 2.05) is 12.1 Å². The van der Waals surface area contributed by atoms with Gasteiger partial charge in [-0.2, -0.15) is 0 Å². The molecule has 6 nitrogen and oxygen atoms in total. The third-order valence-corrected chi connectivity index (χ3v) is 13.1. The average molecular weight is 511 g/mol. The fraction of sp³-hybridized carbons (Fsp3) is 0.731. The van der Waals surface area contributed by atoms with Crippen molar-refractivity contribution in [2.24, 2.45) is 11.8 Å². The van der Waals surface area contributed by atoms with Crippen molar-refractivity contribution in [3.05, 3.63) is 28.0 Å². The van der Waals surface area contributed by atoms with Crippen molar-refractivity contribution in [1.82, 2.24) is 0 Å². The van der Waals surface area contributed by atoms with Crippen LogP contribution in [0.25, 0.3) is 6.08 Å². The molecule has 2 heterocycles. The summed E-state index contributed by atoms with van der Waals surface area (Å²) < 4.78 is 23.7. The monoisotopic (exact) mass is 510 g/mol. The number of thiophene rings is 1. The highest BCUT2D eigenvalue weighted by molar-refractivity contribution is 7.14. The fourth-order valence-electron chi connectivity index (χ4n) is 4.40. The number of allylic oxidation sites excluding steroid dienone is 1. The molecular formula is C26H42O6SSi. The van der Waals surface area contributed by atoms with Gasteiger partial charge in [0.05, 0.1) is 19.3 Å². The molecule has 192 valence electrons. The summed E-state index contributed by atoms with van der Waals surface area (Å²) in [6.45, 7) is 12.6. The van der Waals surface area contributed by atoms with E-state index in [-0.39, 0.29) is 35.2 Å². The van der Waals surface area contributed by atoms with Crippen LogP contribution in [0.2, 0.25) is 18.1 Å². The Balaban J connectivity index is 1.70. The van der Waals surface area contributed by atoms with Crippen LogP contribution in [0.5, 0.6) is 0 Å². The summed E-state index contributed by atoms with van der Waals surface area (Å²) in [7, 11) is -0.539. The zero-order chi connectivity index (χ0) is 24.9. The van der Waals surface area contributed by atoms with Gasteiger partial charge in [0, 0.05) is 30.4 Å². The number of aliphatic hydroxyl groups is 1. The van der Waals surface area contributed by atoms with Gasteiger partial charge >= 0.3 is 5.97 Å². The van der Waals surface area contributed by atoms with Crippen molar-refractivity contribution in [3.8, 4) is 0 Å². The van der Waals surface area contributed by atoms with Crippen LogP contribution in [-0.4, -0.2) is 58.2 Å². The Morgan fingerprint density at radius 1 is 1.26 bits per heavy atom. The zero-order valence-corrected chi connectivity index (χ0v) is 23.4. The zero-order valence-electron chi connectivity index (χ0n) is 21.5. The standard InChI is InChI=1S/C26H42O6SSi/c1-26(2,3)34(5,6)31-17-20-19(11-9-10-18-13-14-23(33-18)25(28)29-4)21(27)16-22(20)32-24-12-7-8-15-30-24/h9-10,13-14,19-22,24,27H,7-8,11-12,15-17H2,1-6H3/b10-9+/t19?,20-,21+,22-,24?/m1/s1. The molecule has 1 saturated heterocycles. The van der Waals surface area contributed by atoms with Crippen LogP contribution in [0, 0.1) is 11.8 Å². The number of hydrogen-bond donors (Lipinski definition) is 1. The number of esters is 1. The second-order valence-corrected chi connectivity index (χ2v) is 16.9. The number of rotatable bonds is 9. The number of methoxy groups -OCH3 is 1. The number of carbonyl (C=O) groups is 1. The van der Waals surface area contributed by atoms with E-state index in [0.29, 0.717) is 17.9 Å². The van der Waals surface area contributed by atoms with Crippen LogP contribution in [0.15, 0.2) is 18.2 Å². The van der Waals surface area contributed by atoms with Crippen molar-refractivity contribution in [2.45, 2.75) is 89.5 Å². The van der Waals surface area contributed by atoms with Gasteiger partial charge in [0.1, 0.15) is 4.88 Å². The van der Waals surface area contributed by atoms with Crippen LogP contribution in [0.1, 0.15) is 67.4 Å². The summed E-state index contributed by atoms with van der Waals surface area (Å²) >= 11 is 1.41. The number of carbonyl (C=O) groups excluding carboxylic acids is 1. The van der Waals surface area contributed by atoms with Crippen molar-refractivity contribution in [2.75, 3.05) is 20.3 Å². The topological polar surface area (TPSA) is 74.2 Å². The normalized spacial score (nSPS) is 28.5. The summed E-state index contributed by atoms with van der Waals surface area (Å²) in [6.07, 6.45) is 7.86. The maximum Gasteiger partial charge on any atom is 0.348 e.